The van der Waals surface area contributed by atoms with Crippen molar-refractivity contribution in [2.24, 2.45) is 28.3 Å². The molecule has 4 aliphatic rings. The van der Waals surface area contributed by atoms with Crippen molar-refractivity contribution in [2.75, 3.05) is 5.75 Å². The molecule has 1 heterocycles. The van der Waals surface area contributed by atoms with Crippen LogP contribution in [0.25, 0.3) is 11.0 Å². The zero-order valence-corrected chi connectivity index (χ0v) is 19.7. The van der Waals surface area contributed by atoms with Gasteiger partial charge in [-0.05, 0) is 80.9 Å². The first-order chi connectivity index (χ1) is 14.8. The Morgan fingerprint density at radius 3 is 2.42 bits per heavy atom. The van der Waals surface area contributed by atoms with Gasteiger partial charge in [0.05, 0.1) is 21.7 Å². The fourth-order valence-electron chi connectivity index (χ4n) is 6.64. The number of carbonyl (C=O) groups is 1. The highest BCUT2D eigenvalue weighted by atomic mass is 32.2. The van der Waals surface area contributed by atoms with Gasteiger partial charge in [-0.2, -0.15) is 0 Å². The van der Waals surface area contributed by atoms with E-state index in [-0.39, 0.29) is 10.3 Å². The highest BCUT2D eigenvalue weighted by Gasteiger charge is 2.54. The summed E-state index contributed by atoms with van der Waals surface area (Å²) in [6.07, 6.45) is 9.30. The Bertz CT molecular complexity index is 1090. The van der Waals surface area contributed by atoms with Crippen LogP contribution in [0.4, 0.5) is 0 Å². The molecule has 6 rings (SSSR count). The lowest BCUT2D eigenvalue weighted by atomic mass is 9.48. The molecule has 0 amide bonds. The maximum absolute atomic E-state index is 13.4. The number of benzene rings is 1. The lowest BCUT2D eigenvalue weighted by Gasteiger charge is -2.56. The molecule has 2 aromatic rings. The number of fused-ring (bicyclic) bond motifs is 1. The molecule has 0 saturated heterocycles. The SMILES string of the molecule is CCCCn1c(SCC(=O)C23CC4CC(CC(C4)C2)C3)nc2cc(S(N)(=O)=O)ccc21. The first kappa shape index (κ1) is 21.5. The summed E-state index contributed by atoms with van der Waals surface area (Å²) in [5.41, 5.74) is 1.42. The number of hydrogen-bond acceptors (Lipinski definition) is 5. The van der Waals surface area contributed by atoms with E-state index < -0.39 is 10.0 Å². The quantitative estimate of drug-likeness (QED) is 0.589. The van der Waals surface area contributed by atoms with Gasteiger partial charge in [-0.3, -0.25) is 4.79 Å². The second kappa shape index (κ2) is 7.89. The van der Waals surface area contributed by atoms with Crippen LogP contribution in [-0.4, -0.2) is 29.5 Å². The fraction of sp³-hybridized carbons (Fsp3) is 0.652. The van der Waals surface area contributed by atoms with Crippen molar-refractivity contribution in [3.05, 3.63) is 18.2 Å². The van der Waals surface area contributed by atoms with Crippen molar-refractivity contribution < 1.29 is 13.2 Å². The number of aromatic nitrogens is 2. The molecule has 1 aromatic heterocycles. The van der Waals surface area contributed by atoms with Crippen LogP contribution in [0, 0.1) is 23.2 Å². The third-order valence-corrected chi connectivity index (χ3v) is 9.60. The second-order valence-corrected chi connectivity index (χ2v) is 12.5. The summed E-state index contributed by atoms with van der Waals surface area (Å²) < 4.78 is 25.6. The molecule has 8 heteroatoms. The summed E-state index contributed by atoms with van der Waals surface area (Å²) in [5.74, 6) is 3.11. The van der Waals surface area contributed by atoms with Gasteiger partial charge in [-0.1, -0.05) is 25.1 Å². The Morgan fingerprint density at radius 2 is 1.84 bits per heavy atom. The molecule has 4 saturated carbocycles. The topological polar surface area (TPSA) is 95.0 Å². The third-order valence-electron chi connectivity index (χ3n) is 7.71. The summed E-state index contributed by atoms with van der Waals surface area (Å²) in [7, 11) is -3.78. The summed E-state index contributed by atoms with van der Waals surface area (Å²) in [4.78, 5) is 18.2. The average molecular weight is 462 g/mol. The maximum Gasteiger partial charge on any atom is 0.238 e. The van der Waals surface area contributed by atoms with Crippen molar-refractivity contribution in [3.63, 3.8) is 0 Å². The highest BCUT2D eigenvalue weighted by molar-refractivity contribution is 7.99. The second-order valence-electron chi connectivity index (χ2n) is 10.0. The van der Waals surface area contributed by atoms with E-state index in [2.05, 4.69) is 11.5 Å². The van der Waals surface area contributed by atoms with Crippen molar-refractivity contribution >= 4 is 38.6 Å². The molecule has 6 nitrogen and oxygen atoms in total. The predicted octanol–water partition coefficient (Wildman–Crippen LogP) is 4.36. The minimum absolute atomic E-state index is 0.0707. The molecule has 1 aromatic carbocycles. The van der Waals surface area contributed by atoms with Gasteiger partial charge in [-0.25, -0.2) is 18.5 Å². The van der Waals surface area contributed by atoms with Gasteiger partial charge in [0.2, 0.25) is 10.0 Å². The first-order valence-electron chi connectivity index (χ1n) is 11.5. The van der Waals surface area contributed by atoms with Crippen molar-refractivity contribution in [1.29, 1.82) is 0 Å². The van der Waals surface area contributed by atoms with Gasteiger partial charge in [0, 0.05) is 12.0 Å². The van der Waals surface area contributed by atoms with Crippen LogP contribution in [0.5, 0.6) is 0 Å². The van der Waals surface area contributed by atoms with Crippen LogP contribution in [0.1, 0.15) is 58.3 Å². The Morgan fingerprint density at radius 1 is 1.19 bits per heavy atom. The van der Waals surface area contributed by atoms with E-state index in [0.717, 1.165) is 67.1 Å². The largest absolute Gasteiger partial charge is 0.319 e. The lowest BCUT2D eigenvalue weighted by Crippen LogP contribution is -2.50. The van der Waals surface area contributed by atoms with Crippen LogP contribution in [0.2, 0.25) is 0 Å². The number of aryl methyl sites for hydroxylation is 1. The number of thioether (sulfide) groups is 1. The van der Waals surface area contributed by atoms with E-state index in [4.69, 9.17) is 10.1 Å². The minimum Gasteiger partial charge on any atom is -0.319 e. The van der Waals surface area contributed by atoms with E-state index in [1.54, 1.807) is 6.07 Å². The number of rotatable bonds is 8. The highest BCUT2D eigenvalue weighted by Crippen LogP contribution is 2.60. The zero-order valence-electron chi connectivity index (χ0n) is 18.0. The van der Waals surface area contributed by atoms with Gasteiger partial charge in [-0.15, -0.1) is 0 Å². The number of nitrogens with zero attached hydrogens (tertiary/aromatic N) is 2. The number of nitrogens with two attached hydrogens (primary N) is 1. The Kier molecular flexibility index (Phi) is 5.46. The molecule has 0 aliphatic heterocycles. The number of carbonyl (C=O) groups excluding carboxylic acids is 1. The Hall–Kier alpha value is -1.38. The van der Waals surface area contributed by atoms with E-state index >= 15 is 0 Å². The molecule has 0 spiro atoms. The molecule has 4 fully saturated rings. The van der Waals surface area contributed by atoms with Gasteiger partial charge in [0.1, 0.15) is 5.78 Å². The van der Waals surface area contributed by atoms with E-state index in [9.17, 15) is 13.2 Å². The molecule has 0 radical (unpaired) electrons. The van der Waals surface area contributed by atoms with E-state index in [0.29, 0.717) is 17.1 Å². The molecule has 168 valence electrons. The van der Waals surface area contributed by atoms with Crippen molar-refractivity contribution in [2.45, 2.75) is 74.9 Å². The summed E-state index contributed by atoms with van der Waals surface area (Å²) in [5, 5.41) is 6.10. The van der Waals surface area contributed by atoms with Crippen LogP contribution in [0.3, 0.4) is 0 Å². The molecular formula is C23H31N3O3S2. The number of sulfonamides is 1. The summed E-state index contributed by atoms with van der Waals surface area (Å²) >= 11 is 1.52. The Balaban J connectivity index is 1.39. The fourth-order valence-corrected chi connectivity index (χ4v) is 8.25. The molecule has 0 unspecified atom stereocenters. The van der Waals surface area contributed by atoms with Crippen LogP contribution < -0.4 is 5.14 Å². The molecule has 0 atom stereocenters. The minimum atomic E-state index is -3.78. The molecular weight excluding hydrogens is 430 g/mol. The molecule has 4 bridgehead atoms. The molecule has 4 aliphatic carbocycles. The van der Waals surface area contributed by atoms with Crippen molar-refractivity contribution in [1.82, 2.24) is 9.55 Å². The Labute approximate surface area is 188 Å². The average Bonchev–Trinajstić information content (AvgIpc) is 3.05. The third kappa shape index (κ3) is 3.95. The molecule has 2 N–H and O–H groups in total. The predicted molar refractivity (Wildman–Crippen MR) is 122 cm³/mol. The summed E-state index contributed by atoms with van der Waals surface area (Å²) in [6.45, 7) is 2.94. The van der Waals surface area contributed by atoms with Crippen LogP contribution in [-0.2, 0) is 21.4 Å². The standard InChI is InChI=1S/C23H31N3O3S2/c1-2-3-6-26-20-5-4-18(31(24,28)29)10-19(20)25-22(26)30-14-21(27)23-11-15-7-16(12-23)9-17(8-15)13-23/h4-5,10,15-17H,2-3,6-9,11-14H2,1H3,(H2,24,28,29). The first-order valence-corrected chi connectivity index (χ1v) is 14.0. The maximum atomic E-state index is 13.4. The number of hydrogen-bond donors (Lipinski definition) is 1. The molecule has 31 heavy (non-hydrogen) atoms. The van der Waals surface area contributed by atoms with Gasteiger partial charge in [0.25, 0.3) is 0 Å². The summed E-state index contributed by atoms with van der Waals surface area (Å²) in [6, 6.07) is 4.86. The lowest BCUT2D eigenvalue weighted by molar-refractivity contribution is -0.141. The van der Waals surface area contributed by atoms with E-state index in [1.165, 1.54) is 43.2 Å². The van der Waals surface area contributed by atoms with Crippen LogP contribution >= 0.6 is 11.8 Å². The number of Topliss-reactive ketones (excluding diaryl/α,β-unsaturated/α-hetero) is 1. The van der Waals surface area contributed by atoms with Crippen LogP contribution in [0.15, 0.2) is 28.3 Å². The van der Waals surface area contributed by atoms with Gasteiger partial charge >= 0.3 is 0 Å². The smallest absolute Gasteiger partial charge is 0.238 e. The van der Waals surface area contributed by atoms with Crippen molar-refractivity contribution in [3.8, 4) is 0 Å². The normalized spacial score (nSPS) is 29.7. The number of unbranched alkanes of at least 4 members (excludes halogenated alkanes) is 1. The van der Waals surface area contributed by atoms with Gasteiger partial charge < -0.3 is 4.57 Å². The zero-order chi connectivity index (χ0) is 21.8. The van der Waals surface area contributed by atoms with Gasteiger partial charge in [0.15, 0.2) is 5.16 Å². The number of primary sulfonamides is 1. The number of imidazole rings is 1. The van der Waals surface area contributed by atoms with E-state index in [1.807, 2.05) is 0 Å². The monoisotopic (exact) mass is 461 g/mol. The number of ketones is 1.